The molecule has 6 heteroatoms. The standard InChI is InChI=1S/C9H14N4O2/c1-2-7(5-8(14)15)13-9(6-3-4-6)10-11-12-13/h6-7H,2-5H2,1H3,(H,14,15). The van der Waals surface area contributed by atoms with Crippen molar-refractivity contribution in [3.05, 3.63) is 5.82 Å². The lowest BCUT2D eigenvalue weighted by molar-refractivity contribution is -0.138. The minimum Gasteiger partial charge on any atom is -0.481 e. The molecule has 1 saturated carbocycles. The molecule has 1 unspecified atom stereocenters. The molecular weight excluding hydrogens is 196 g/mol. The number of hydrogen-bond acceptors (Lipinski definition) is 4. The molecule has 0 radical (unpaired) electrons. The minimum atomic E-state index is -0.806. The van der Waals surface area contributed by atoms with E-state index >= 15 is 0 Å². The van der Waals surface area contributed by atoms with Crippen LogP contribution >= 0.6 is 0 Å². The Morgan fingerprint density at radius 3 is 2.93 bits per heavy atom. The van der Waals surface area contributed by atoms with Gasteiger partial charge in [-0.1, -0.05) is 6.92 Å². The summed E-state index contributed by atoms with van der Waals surface area (Å²) >= 11 is 0. The van der Waals surface area contributed by atoms with Gasteiger partial charge in [-0.2, -0.15) is 0 Å². The lowest BCUT2D eigenvalue weighted by Gasteiger charge is -2.13. The van der Waals surface area contributed by atoms with Crippen LogP contribution in [0.2, 0.25) is 0 Å². The third-order valence-corrected chi connectivity index (χ3v) is 2.69. The fourth-order valence-corrected chi connectivity index (χ4v) is 1.68. The molecule has 0 aromatic carbocycles. The van der Waals surface area contributed by atoms with Crippen LogP contribution in [-0.2, 0) is 4.79 Å². The molecule has 6 nitrogen and oxygen atoms in total. The van der Waals surface area contributed by atoms with Crippen molar-refractivity contribution in [2.24, 2.45) is 0 Å². The summed E-state index contributed by atoms with van der Waals surface area (Å²) in [6.45, 7) is 1.95. The maximum atomic E-state index is 10.7. The van der Waals surface area contributed by atoms with Crippen LogP contribution in [0.1, 0.15) is 50.4 Å². The van der Waals surface area contributed by atoms with Crippen molar-refractivity contribution < 1.29 is 9.90 Å². The normalized spacial score (nSPS) is 17.7. The molecule has 1 heterocycles. The van der Waals surface area contributed by atoms with E-state index in [1.54, 1.807) is 4.68 Å². The highest BCUT2D eigenvalue weighted by Gasteiger charge is 2.31. The fraction of sp³-hybridized carbons (Fsp3) is 0.778. The Balaban J connectivity index is 2.17. The van der Waals surface area contributed by atoms with Gasteiger partial charge in [0.2, 0.25) is 0 Å². The monoisotopic (exact) mass is 210 g/mol. The molecule has 0 spiro atoms. The van der Waals surface area contributed by atoms with Gasteiger partial charge < -0.3 is 5.11 Å². The van der Waals surface area contributed by atoms with Crippen LogP contribution in [0.3, 0.4) is 0 Å². The van der Waals surface area contributed by atoms with E-state index in [1.807, 2.05) is 6.92 Å². The molecule has 0 amide bonds. The van der Waals surface area contributed by atoms with E-state index < -0.39 is 5.97 Å². The van der Waals surface area contributed by atoms with Crippen molar-refractivity contribution in [1.29, 1.82) is 0 Å². The summed E-state index contributed by atoms with van der Waals surface area (Å²) in [7, 11) is 0. The van der Waals surface area contributed by atoms with Crippen LogP contribution in [0.5, 0.6) is 0 Å². The first-order valence-electron chi connectivity index (χ1n) is 5.22. The quantitative estimate of drug-likeness (QED) is 0.783. The minimum absolute atomic E-state index is 0.0846. The zero-order chi connectivity index (χ0) is 10.8. The van der Waals surface area contributed by atoms with Gasteiger partial charge in [0, 0.05) is 5.92 Å². The zero-order valence-electron chi connectivity index (χ0n) is 8.63. The summed E-state index contributed by atoms with van der Waals surface area (Å²) in [4.78, 5) is 10.7. The highest BCUT2D eigenvalue weighted by atomic mass is 16.4. The van der Waals surface area contributed by atoms with Gasteiger partial charge in [0.1, 0.15) is 0 Å². The number of tetrazole rings is 1. The molecule has 0 saturated heterocycles. The first kappa shape index (κ1) is 10.1. The van der Waals surface area contributed by atoms with Crippen molar-refractivity contribution in [1.82, 2.24) is 20.2 Å². The Hall–Kier alpha value is -1.46. The first-order valence-corrected chi connectivity index (χ1v) is 5.22. The predicted octanol–water partition coefficient (Wildman–Crippen LogP) is 0.976. The first-order chi connectivity index (χ1) is 7.22. The molecule has 1 atom stereocenters. The van der Waals surface area contributed by atoms with Gasteiger partial charge in [-0.05, 0) is 29.7 Å². The summed E-state index contributed by atoms with van der Waals surface area (Å²) in [5.41, 5.74) is 0. The van der Waals surface area contributed by atoms with Gasteiger partial charge >= 0.3 is 5.97 Å². The van der Waals surface area contributed by atoms with Gasteiger partial charge in [0.05, 0.1) is 12.5 Å². The summed E-state index contributed by atoms with van der Waals surface area (Å²) in [5, 5.41) is 20.3. The number of carbonyl (C=O) groups is 1. The van der Waals surface area contributed by atoms with E-state index in [2.05, 4.69) is 15.5 Å². The Kier molecular flexibility index (Phi) is 2.66. The van der Waals surface area contributed by atoms with Crippen LogP contribution in [0, 0.1) is 0 Å². The molecule has 1 fully saturated rings. The molecule has 2 rings (SSSR count). The lowest BCUT2D eigenvalue weighted by Crippen LogP contribution is -2.16. The second-order valence-corrected chi connectivity index (χ2v) is 3.92. The van der Waals surface area contributed by atoms with Crippen LogP contribution in [0.25, 0.3) is 0 Å². The Morgan fingerprint density at radius 1 is 1.67 bits per heavy atom. The van der Waals surface area contributed by atoms with Crippen molar-refractivity contribution in [2.45, 2.75) is 44.6 Å². The van der Waals surface area contributed by atoms with E-state index in [-0.39, 0.29) is 12.5 Å². The summed E-state index contributed by atoms with van der Waals surface area (Å²) in [5.74, 6) is 0.491. The number of hydrogen-bond donors (Lipinski definition) is 1. The highest BCUT2D eigenvalue weighted by Crippen LogP contribution is 2.39. The van der Waals surface area contributed by atoms with Crippen LogP contribution in [0.15, 0.2) is 0 Å². The lowest BCUT2D eigenvalue weighted by atomic mass is 10.1. The topological polar surface area (TPSA) is 80.9 Å². The van der Waals surface area contributed by atoms with Gasteiger partial charge in [-0.15, -0.1) is 5.10 Å². The van der Waals surface area contributed by atoms with E-state index in [0.717, 1.165) is 25.1 Å². The average molecular weight is 210 g/mol. The van der Waals surface area contributed by atoms with Crippen molar-refractivity contribution in [2.75, 3.05) is 0 Å². The number of carboxylic acid groups (broad SMARTS) is 1. The molecular formula is C9H14N4O2. The smallest absolute Gasteiger partial charge is 0.305 e. The molecule has 0 bridgehead atoms. The maximum absolute atomic E-state index is 10.7. The van der Waals surface area contributed by atoms with Crippen molar-refractivity contribution in [3.8, 4) is 0 Å². The average Bonchev–Trinajstić information content (AvgIpc) is 2.93. The number of carboxylic acids is 1. The third-order valence-electron chi connectivity index (χ3n) is 2.69. The predicted molar refractivity (Wildman–Crippen MR) is 51.4 cm³/mol. The SMILES string of the molecule is CCC(CC(=O)O)n1nnnc1C1CC1. The van der Waals surface area contributed by atoms with E-state index in [4.69, 9.17) is 5.11 Å². The Bertz CT molecular complexity index is 359. The summed E-state index contributed by atoms with van der Waals surface area (Å²) in [6, 6.07) is -0.118. The van der Waals surface area contributed by atoms with E-state index in [9.17, 15) is 4.79 Å². The van der Waals surface area contributed by atoms with E-state index in [1.165, 1.54) is 0 Å². The second-order valence-electron chi connectivity index (χ2n) is 3.92. The number of aliphatic carboxylic acids is 1. The van der Waals surface area contributed by atoms with Gasteiger partial charge in [-0.3, -0.25) is 4.79 Å². The highest BCUT2D eigenvalue weighted by molar-refractivity contribution is 5.67. The van der Waals surface area contributed by atoms with E-state index in [0.29, 0.717) is 5.92 Å². The maximum Gasteiger partial charge on any atom is 0.305 e. The van der Waals surface area contributed by atoms with Crippen molar-refractivity contribution >= 4 is 5.97 Å². The van der Waals surface area contributed by atoms with Gasteiger partial charge in [-0.25, -0.2) is 4.68 Å². The molecule has 1 N–H and O–H groups in total. The largest absolute Gasteiger partial charge is 0.481 e. The fourth-order valence-electron chi connectivity index (χ4n) is 1.68. The van der Waals surface area contributed by atoms with Crippen molar-refractivity contribution in [3.63, 3.8) is 0 Å². The van der Waals surface area contributed by atoms with Crippen LogP contribution < -0.4 is 0 Å². The Labute approximate surface area is 87.3 Å². The number of nitrogens with zero attached hydrogens (tertiary/aromatic N) is 4. The summed E-state index contributed by atoms with van der Waals surface area (Å²) < 4.78 is 1.69. The zero-order valence-corrected chi connectivity index (χ0v) is 8.63. The Morgan fingerprint density at radius 2 is 2.40 bits per heavy atom. The molecule has 1 aromatic rings. The van der Waals surface area contributed by atoms with Gasteiger partial charge in [0.25, 0.3) is 0 Å². The summed E-state index contributed by atoms with van der Waals surface area (Å²) in [6.07, 6.45) is 3.05. The third kappa shape index (κ3) is 2.14. The molecule has 82 valence electrons. The molecule has 1 aromatic heterocycles. The number of rotatable bonds is 5. The molecule has 15 heavy (non-hydrogen) atoms. The van der Waals surface area contributed by atoms with Crippen LogP contribution in [-0.4, -0.2) is 31.3 Å². The molecule has 1 aliphatic rings. The molecule has 1 aliphatic carbocycles. The number of aromatic nitrogens is 4. The van der Waals surface area contributed by atoms with Gasteiger partial charge in [0.15, 0.2) is 5.82 Å². The molecule has 0 aliphatic heterocycles. The second kappa shape index (κ2) is 3.96. The van der Waals surface area contributed by atoms with Crippen LogP contribution in [0.4, 0.5) is 0 Å².